The first kappa shape index (κ1) is 13.6. The van der Waals surface area contributed by atoms with E-state index in [1.165, 1.54) is 0 Å². The summed E-state index contributed by atoms with van der Waals surface area (Å²) in [5.74, 6) is -2.30. The molecule has 3 heteroatoms. The van der Waals surface area contributed by atoms with Gasteiger partial charge in [-0.05, 0) is 18.8 Å². The van der Waals surface area contributed by atoms with E-state index in [1.54, 1.807) is 0 Å². The Morgan fingerprint density at radius 2 is 1.44 bits per heavy atom. The molecule has 0 saturated heterocycles. The smallest absolute Gasteiger partial charge is 0.248 e. The number of rotatable bonds is 3. The molecule has 1 fully saturated rings. The van der Waals surface area contributed by atoms with E-state index in [-0.39, 0.29) is 30.5 Å². The molecule has 1 aliphatic rings. The van der Waals surface area contributed by atoms with Crippen molar-refractivity contribution in [2.75, 3.05) is 0 Å². The molecular weight excluding hydrogens is 210 g/mol. The van der Waals surface area contributed by atoms with Gasteiger partial charge in [-0.2, -0.15) is 0 Å². The number of alkyl halides is 2. The van der Waals surface area contributed by atoms with Gasteiger partial charge in [-0.3, -0.25) is 4.79 Å². The summed E-state index contributed by atoms with van der Waals surface area (Å²) in [6.45, 7) is 7.67. The van der Waals surface area contributed by atoms with Crippen molar-refractivity contribution in [1.29, 1.82) is 0 Å². The van der Waals surface area contributed by atoms with Gasteiger partial charge in [0, 0.05) is 24.2 Å². The summed E-state index contributed by atoms with van der Waals surface area (Å²) in [5, 5.41) is 0. The molecule has 0 aromatic carbocycles. The van der Waals surface area contributed by atoms with Crippen LogP contribution in [0.5, 0.6) is 0 Å². The number of ketones is 1. The lowest BCUT2D eigenvalue weighted by Crippen LogP contribution is -2.44. The standard InChI is InChI=1S/C13H22F2O/c1-9(2)11(16)12(10(3)4)5-7-13(14,15)8-6-12/h9-10H,5-8H2,1-4H3. The van der Waals surface area contributed by atoms with Gasteiger partial charge in [-0.15, -0.1) is 0 Å². The van der Waals surface area contributed by atoms with Crippen LogP contribution < -0.4 is 0 Å². The second-order valence-corrected chi connectivity index (χ2v) is 5.69. The van der Waals surface area contributed by atoms with E-state index in [9.17, 15) is 13.6 Å². The Morgan fingerprint density at radius 3 is 1.75 bits per heavy atom. The number of hydrogen-bond acceptors (Lipinski definition) is 1. The van der Waals surface area contributed by atoms with Crippen molar-refractivity contribution in [3.8, 4) is 0 Å². The Kier molecular flexibility index (Phi) is 3.76. The average Bonchev–Trinajstić information content (AvgIpc) is 2.16. The molecule has 16 heavy (non-hydrogen) atoms. The molecule has 0 unspecified atom stereocenters. The highest BCUT2D eigenvalue weighted by molar-refractivity contribution is 5.86. The lowest BCUT2D eigenvalue weighted by Gasteiger charge is -2.43. The maximum atomic E-state index is 13.2. The first-order chi connectivity index (χ1) is 7.21. The highest BCUT2D eigenvalue weighted by atomic mass is 19.3. The quantitative estimate of drug-likeness (QED) is 0.717. The topological polar surface area (TPSA) is 17.1 Å². The Balaban J connectivity index is 2.89. The van der Waals surface area contributed by atoms with Crippen molar-refractivity contribution in [2.45, 2.75) is 59.3 Å². The fourth-order valence-corrected chi connectivity index (χ4v) is 2.75. The van der Waals surface area contributed by atoms with Gasteiger partial charge in [0.1, 0.15) is 5.78 Å². The predicted molar refractivity (Wildman–Crippen MR) is 60.5 cm³/mol. The van der Waals surface area contributed by atoms with Gasteiger partial charge in [0.05, 0.1) is 0 Å². The summed E-state index contributed by atoms with van der Waals surface area (Å²) in [6, 6.07) is 0. The zero-order valence-electron chi connectivity index (χ0n) is 10.6. The van der Waals surface area contributed by atoms with Gasteiger partial charge in [0.25, 0.3) is 0 Å². The second kappa shape index (κ2) is 4.42. The zero-order chi connectivity index (χ0) is 12.6. The van der Waals surface area contributed by atoms with Gasteiger partial charge in [0.15, 0.2) is 0 Å². The van der Waals surface area contributed by atoms with E-state index >= 15 is 0 Å². The van der Waals surface area contributed by atoms with Crippen LogP contribution in [0.2, 0.25) is 0 Å². The van der Waals surface area contributed by atoms with E-state index in [0.717, 1.165) is 0 Å². The fraction of sp³-hybridized carbons (Fsp3) is 0.923. The van der Waals surface area contributed by atoms with Crippen LogP contribution in [0, 0.1) is 17.3 Å². The highest BCUT2D eigenvalue weighted by Gasteiger charge is 2.49. The Bertz CT molecular complexity index is 259. The number of halogens is 2. The molecule has 0 amide bonds. The Hall–Kier alpha value is -0.470. The van der Waals surface area contributed by atoms with Crippen LogP contribution in [0.1, 0.15) is 53.4 Å². The third-order valence-corrected chi connectivity index (χ3v) is 3.99. The van der Waals surface area contributed by atoms with E-state index < -0.39 is 11.3 Å². The summed E-state index contributed by atoms with van der Waals surface area (Å²) in [6.07, 6.45) is 0.413. The molecule has 0 aromatic heterocycles. The van der Waals surface area contributed by atoms with Crippen molar-refractivity contribution in [3.63, 3.8) is 0 Å². The van der Waals surface area contributed by atoms with E-state index in [1.807, 2.05) is 27.7 Å². The molecule has 0 N–H and O–H groups in total. The minimum atomic E-state index is -2.56. The predicted octanol–water partition coefficient (Wildman–Crippen LogP) is 4.06. The number of Topliss-reactive ketones (excluding diaryl/α,β-unsaturated/α-hetero) is 1. The van der Waals surface area contributed by atoms with Crippen molar-refractivity contribution < 1.29 is 13.6 Å². The first-order valence-electron chi connectivity index (χ1n) is 6.13. The highest BCUT2D eigenvalue weighted by Crippen LogP contribution is 2.49. The average molecular weight is 232 g/mol. The summed E-state index contributed by atoms with van der Waals surface area (Å²) < 4.78 is 26.3. The first-order valence-corrected chi connectivity index (χ1v) is 6.13. The van der Waals surface area contributed by atoms with Gasteiger partial charge < -0.3 is 0 Å². The third kappa shape index (κ3) is 2.44. The lowest BCUT2D eigenvalue weighted by atomic mass is 9.62. The lowest BCUT2D eigenvalue weighted by molar-refractivity contribution is -0.144. The van der Waals surface area contributed by atoms with Crippen molar-refractivity contribution in [2.24, 2.45) is 17.3 Å². The summed E-state index contributed by atoms with van der Waals surface area (Å²) in [7, 11) is 0. The third-order valence-electron chi connectivity index (χ3n) is 3.99. The molecule has 0 atom stereocenters. The Labute approximate surface area is 96.6 Å². The second-order valence-electron chi connectivity index (χ2n) is 5.69. The molecule has 1 nitrogen and oxygen atoms in total. The van der Waals surface area contributed by atoms with Crippen LogP contribution in [-0.4, -0.2) is 11.7 Å². The normalized spacial score (nSPS) is 23.8. The molecule has 0 aliphatic heterocycles. The van der Waals surface area contributed by atoms with Crippen LogP contribution in [0.15, 0.2) is 0 Å². The molecule has 0 heterocycles. The molecule has 0 radical (unpaired) electrons. The zero-order valence-corrected chi connectivity index (χ0v) is 10.6. The number of carbonyl (C=O) groups is 1. The summed E-state index contributed by atoms with van der Waals surface area (Å²) >= 11 is 0. The van der Waals surface area contributed by atoms with Gasteiger partial charge in [-0.1, -0.05) is 27.7 Å². The molecule has 0 aromatic rings. The summed E-state index contributed by atoms with van der Waals surface area (Å²) in [4.78, 5) is 12.2. The monoisotopic (exact) mass is 232 g/mol. The molecule has 1 aliphatic carbocycles. The van der Waals surface area contributed by atoms with E-state index in [0.29, 0.717) is 12.8 Å². The molecule has 94 valence electrons. The maximum absolute atomic E-state index is 13.2. The molecule has 0 spiro atoms. The van der Waals surface area contributed by atoms with Gasteiger partial charge >= 0.3 is 0 Å². The maximum Gasteiger partial charge on any atom is 0.248 e. The van der Waals surface area contributed by atoms with Gasteiger partial charge in [-0.25, -0.2) is 8.78 Å². The van der Waals surface area contributed by atoms with Gasteiger partial charge in [0.2, 0.25) is 5.92 Å². The van der Waals surface area contributed by atoms with Crippen LogP contribution in [-0.2, 0) is 4.79 Å². The van der Waals surface area contributed by atoms with Crippen LogP contribution in [0.3, 0.4) is 0 Å². The molecule has 1 rings (SSSR count). The van der Waals surface area contributed by atoms with Crippen molar-refractivity contribution in [1.82, 2.24) is 0 Å². The Morgan fingerprint density at radius 1 is 1.00 bits per heavy atom. The molecule has 0 bridgehead atoms. The SMILES string of the molecule is CC(C)C(=O)C1(C(C)C)CCC(F)(F)CC1. The van der Waals surface area contributed by atoms with Crippen LogP contribution in [0.25, 0.3) is 0 Å². The number of carbonyl (C=O) groups excluding carboxylic acids is 1. The van der Waals surface area contributed by atoms with Crippen molar-refractivity contribution in [3.05, 3.63) is 0 Å². The minimum absolute atomic E-state index is 0.0610. The van der Waals surface area contributed by atoms with Crippen LogP contribution >= 0.6 is 0 Å². The minimum Gasteiger partial charge on any atom is -0.299 e. The van der Waals surface area contributed by atoms with Crippen LogP contribution in [0.4, 0.5) is 8.78 Å². The largest absolute Gasteiger partial charge is 0.299 e. The van der Waals surface area contributed by atoms with Crippen molar-refractivity contribution >= 4 is 5.78 Å². The number of hydrogen-bond donors (Lipinski definition) is 0. The fourth-order valence-electron chi connectivity index (χ4n) is 2.75. The molecule has 1 saturated carbocycles. The van der Waals surface area contributed by atoms with E-state index in [2.05, 4.69) is 0 Å². The molecular formula is C13H22F2O. The van der Waals surface area contributed by atoms with E-state index in [4.69, 9.17) is 0 Å². The summed E-state index contributed by atoms with van der Waals surface area (Å²) in [5.41, 5.74) is -0.504.